The lowest BCUT2D eigenvalue weighted by Crippen LogP contribution is -2.37. The normalized spacial score (nSPS) is 18.5. The molecule has 0 bridgehead atoms. The van der Waals surface area contributed by atoms with Crippen molar-refractivity contribution in [1.82, 2.24) is 9.80 Å². The maximum atomic E-state index is 10.9. The predicted molar refractivity (Wildman–Crippen MR) is 125 cm³/mol. The van der Waals surface area contributed by atoms with E-state index in [0.29, 0.717) is 0 Å². The third-order valence-corrected chi connectivity index (χ3v) is 7.06. The summed E-state index contributed by atoms with van der Waals surface area (Å²) in [5, 5.41) is 8.94. The number of piperidine rings is 1. The minimum absolute atomic E-state index is 0.199. The summed E-state index contributed by atoms with van der Waals surface area (Å²) in [4.78, 5) is 15.5. The summed E-state index contributed by atoms with van der Waals surface area (Å²) in [6.45, 7) is 5.41. The molecule has 2 aromatic carbocycles. The van der Waals surface area contributed by atoms with E-state index in [2.05, 4.69) is 58.3 Å². The molecule has 2 aliphatic rings. The Bertz CT molecular complexity index is 844. The molecule has 1 N–H and O–H groups in total. The number of rotatable bonds is 8. The Hall–Kier alpha value is -2.17. The van der Waals surface area contributed by atoms with Crippen molar-refractivity contribution in [2.45, 2.75) is 51.5 Å². The second-order valence-corrected chi connectivity index (χ2v) is 9.37. The van der Waals surface area contributed by atoms with Crippen molar-refractivity contribution in [2.75, 3.05) is 32.7 Å². The van der Waals surface area contributed by atoms with Crippen LogP contribution in [0, 0.1) is 5.92 Å². The molecule has 0 saturated carbocycles. The van der Waals surface area contributed by atoms with Crippen molar-refractivity contribution in [3.05, 3.63) is 70.8 Å². The molecule has 0 aromatic heterocycles. The molecular formula is C27H36N2O2. The van der Waals surface area contributed by atoms with Gasteiger partial charge in [0.25, 0.3) is 0 Å². The van der Waals surface area contributed by atoms with Gasteiger partial charge in [0.1, 0.15) is 0 Å². The largest absolute Gasteiger partial charge is 0.480 e. The highest BCUT2D eigenvalue weighted by molar-refractivity contribution is 5.69. The lowest BCUT2D eigenvalue weighted by molar-refractivity contribution is -0.138. The van der Waals surface area contributed by atoms with Crippen LogP contribution in [0.25, 0.3) is 0 Å². The van der Waals surface area contributed by atoms with Crippen LogP contribution in [0.5, 0.6) is 0 Å². The lowest BCUT2D eigenvalue weighted by atomic mass is 9.90. The average molecular weight is 421 g/mol. The Morgan fingerprint density at radius 1 is 0.871 bits per heavy atom. The predicted octanol–water partition coefficient (Wildman–Crippen LogP) is 4.41. The minimum Gasteiger partial charge on any atom is -0.480 e. The summed E-state index contributed by atoms with van der Waals surface area (Å²) in [6, 6.07) is 18.0. The summed E-state index contributed by atoms with van der Waals surface area (Å²) >= 11 is 0. The van der Waals surface area contributed by atoms with Crippen LogP contribution in [-0.4, -0.2) is 53.6 Å². The molecule has 4 nitrogen and oxygen atoms in total. The van der Waals surface area contributed by atoms with E-state index in [1.165, 1.54) is 29.5 Å². The minimum atomic E-state index is -0.704. The number of carboxylic acids is 1. The number of aryl methyl sites for hydroxylation is 1. The number of aliphatic carboxylic acids is 1. The molecule has 0 atom stereocenters. The van der Waals surface area contributed by atoms with E-state index in [1.54, 1.807) is 5.56 Å². The summed E-state index contributed by atoms with van der Waals surface area (Å²) in [7, 11) is 0. The van der Waals surface area contributed by atoms with Crippen molar-refractivity contribution in [2.24, 2.45) is 5.92 Å². The fourth-order valence-corrected chi connectivity index (χ4v) is 5.20. The van der Waals surface area contributed by atoms with Crippen molar-refractivity contribution < 1.29 is 9.90 Å². The molecule has 0 radical (unpaired) electrons. The molecule has 166 valence electrons. The van der Waals surface area contributed by atoms with E-state index in [-0.39, 0.29) is 6.54 Å². The van der Waals surface area contributed by atoms with E-state index in [4.69, 9.17) is 5.11 Å². The van der Waals surface area contributed by atoms with Gasteiger partial charge in [-0.05, 0) is 79.8 Å². The van der Waals surface area contributed by atoms with Gasteiger partial charge in [-0.25, -0.2) is 0 Å². The quantitative estimate of drug-likeness (QED) is 0.687. The van der Waals surface area contributed by atoms with Crippen LogP contribution in [0.2, 0.25) is 0 Å². The van der Waals surface area contributed by atoms with Gasteiger partial charge >= 0.3 is 5.97 Å². The van der Waals surface area contributed by atoms with Gasteiger partial charge in [0.2, 0.25) is 0 Å². The zero-order valence-electron chi connectivity index (χ0n) is 18.6. The molecule has 4 heteroatoms. The van der Waals surface area contributed by atoms with Crippen LogP contribution >= 0.6 is 0 Å². The Labute approximate surface area is 186 Å². The molecule has 0 aliphatic carbocycles. The lowest BCUT2D eigenvalue weighted by Gasteiger charge is -2.30. The molecule has 1 fully saturated rings. The molecule has 2 aliphatic heterocycles. The van der Waals surface area contributed by atoms with Crippen molar-refractivity contribution in [3.8, 4) is 0 Å². The molecule has 31 heavy (non-hydrogen) atoms. The molecule has 1 saturated heterocycles. The van der Waals surface area contributed by atoms with Gasteiger partial charge in [-0.2, -0.15) is 0 Å². The smallest absolute Gasteiger partial charge is 0.317 e. The maximum absolute atomic E-state index is 10.9. The molecule has 0 unspecified atom stereocenters. The topological polar surface area (TPSA) is 43.8 Å². The summed E-state index contributed by atoms with van der Waals surface area (Å²) in [5.74, 6) is 0.0577. The van der Waals surface area contributed by atoms with Crippen LogP contribution in [-0.2, 0) is 30.6 Å². The van der Waals surface area contributed by atoms with Crippen LogP contribution in [0.4, 0.5) is 0 Å². The van der Waals surface area contributed by atoms with Gasteiger partial charge < -0.3 is 5.11 Å². The zero-order valence-corrected chi connectivity index (χ0v) is 18.6. The first-order valence-electron chi connectivity index (χ1n) is 12.0. The standard InChI is InChI=1S/C27H36N2O2/c30-27(31)21-29-15-11-22(12-16-29)7-4-8-23-9-10-25-13-17-28(18-14-26(25)19-23)20-24-5-2-1-3-6-24/h1-3,5-6,9-10,19,22H,4,7-8,11-18,20-21H2,(H,30,31). The average Bonchev–Trinajstić information content (AvgIpc) is 2.97. The van der Waals surface area contributed by atoms with Gasteiger partial charge in [0.05, 0.1) is 6.54 Å². The number of carbonyl (C=O) groups is 1. The van der Waals surface area contributed by atoms with Crippen molar-refractivity contribution >= 4 is 5.97 Å². The van der Waals surface area contributed by atoms with Crippen LogP contribution in [0.1, 0.15) is 47.9 Å². The summed E-state index contributed by atoms with van der Waals surface area (Å²) < 4.78 is 0. The first-order valence-corrected chi connectivity index (χ1v) is 12.0. The number of nitrogens with zero attached hydrogens (tertiary/aromatic N) is 2. The van der Waals surface area contributed by atoms with Gasteiger partial charge in [-0.15, -0.1) is 0 Å². The van der Waals surface area contributed by atoms with Gasteiger partial charge in [-0.3, -0.25) is 14.6 Å². The highest BCUT2D eigenvalue weighted by Crippen LogP contribution is 2.24. The first-order chi connectivity index (χ1) is 15.2. The number of carboxylic acid groups (broad SMARTS) is 1. The molecule has 2 aromatic rings. The number of benzene rings is 2. The van der Waals surface area contributed by atoms with E-state index in [1.807, 2.05) is 0 Å². The Kier molecular flexibility index (Phi) is 7.76. The van der Waals surface area contributed by atoms with E-state index in [0.717, 1.165) is 70.7 Å². The van der Waals surface area contributed by atoms with Crippen LogP contribution < -0.4 is 0 Å². The van der Waals surface area contributed by atoms with Gasteiger partial charge in [-0.1, -0.05) is 55.0 Å². The Balaban J connectivity index is 1.22. The van der Waals surface area contributed by atoms with Crippen LogP contribution in [0.15, 0.2) is 48.5 Å². The fraction of sp³-hybridized carbons (Fsp3) is 0.519. The van der Waals surface area contributed by atoms with E-state index < -0.39 is 5.97 Å². The van der Waals surface area contributed by atoms with Gasteiger partial charge in [0, 0.05) is 19.6 Å². The summed E-state index contributed by atoms with van der Waals surface area (Å²) in [6.07, 6.45) is 8.26. The number of hydrogen-bond acceptors (Lipinski definition) is 3. The number of hydrogen-bond donors (Lipinski definition) is 1. The Morgan fingerprint density at radius 2 is 1.61 bits per heavy atom. The zero-order chi connectivity index (χ0) is 21.5. The summed E-state index contributed by atoms with van der Waals surface area (Å²) in [5.41, 5.74) is 5.97. The third-order valence-electron chi connectivity index (χ3n) is 7.06. The molecular weight excluding hydrogens is 384 g/mol. The van der Waals surface area contributed by atoms with Gasteiger partial charge in [0.15, 0.2) is 0 Å². The first kappa shape index (κ1) is 22.0. The fourth-order valence-electron chi connectivity index (χ4n) is 5.20. The molecule has 4 rings (SSSR count). The highest BCUT2D eigenvalue weighted by Gasteiger charge is 2.20. The molecule has 2 heterocycles. The highest BCUT2D eigenvalue weighted by atomic mass is 16.4. The van der Waals surface area contributed by atoms with Crippen LogP contribution in [0.3, 0.4) is 0 Å². The second-order valence-electron chi connectivity index (χ2n) is 9.37. The molecule has 0 amide bonds. The number of likely N-dealkylation sites (tertiary alicyclic amines) is 1. The maximum Gasteiger partial charge on any atom is 0.317 e. The third kappa shape index (κ3) is 6.65. The SMILES string of the molecule is O=C(O)CN1CCC(CCCc2ccc3c(c2)CCN(Cc2ccccc2)CC3)CC1. The van der Waals surface area contributed by atoms with Crippen molar-refractivity contribution in [1.29, 1.82) is 0 Å². The van der Waals surface area contributed by atoms with E-state index >= 15 is 0 Å². The van der Waals surface area contributed by atoms with E-state index in [9.17, 15) is 4.79 Å². The number of fused-ring (bicyclic) bond motifs is 1. The molecule has 0 spiro atoms. The monoisotopic (exact) mass is 420 g/mol. The second kappa shape index (κ2) is 10.9. The van der Waals surface area contributed by atoms with Crippen molar-refractivity contribution in [3.63, 3.8) is 0 Å². The Morgan fingerprint density at radius 3 is 2.35 bits per heavy atom.